The van der Waals surface area contributed by atoms with Crippen LogP contribution in [-0.2, 0) is 30.3 Å². The molecule has 0 aliphatic carbocycles. The van der Waals surface area contributed by atoms with E-state index in [1.165, 1.54) is 0 Å². The van der Waals surface area contributed by atoms with Gasteiger partial charge in [-0.1, -0.05) is 0 Å². The summed E-state index contributed by atoms with van der Waals surface area (Å²) in [5.74, 6) is -5.84. The van der Waals surface area contributed by atoms with E-state index >= 15 is 0 Å². The molecule has 3 unspecified atom stereocenters. The van der Waals surface area contributed by atoms with Crippen molar-refractivity contribution >= 4 is 11.9 Å². The van der Waals surface area contributed by atoms with Crippen LogP contribution in [0.2, 0.25) is 0 Å². The van der Waals surface area contributed by atoms with Gasteiger partial charge in [0, 0.05) is 6.61 Å². The zero-order valence-electron chi connectivity index (χ0n) is 13.6. The van der Waals surface area contributed by atoms with Crippen molar-refractivity contribution in [3.63, 3.8) is 0 Å². The molecule has 1 aliphatic heterocycles. The Kier molecular flexibility index (Phi) is 6.43. The van der Waals surface area contributed by atoms with Crippen molar-refractivity contribution in [2.75, 3.05) is 13.2 Å². The molecule has 3 atom stereocenters. The number of aliphatic hydroxyl groups is 1. The Morgan fingerprint density at radius 1 is 1.14 bits per heavy atom. The number of aryl methyl sites for hydroxylation is 1. The van der Waals surface area contributed by atoms with Crippen molar-refractivity contribution in [2.24, 2.45) is 0 Å². The van der Waals surface area contributed by atoms with Crippen LogP contribution in [-0.4, -0.2) is 75.0 Å². The van der Waals surface area contributed by atoms with Gasteiger partial charge in [-0.15, -0.1) is 10.2 Å². The summed E-state index contributed by atoms with van der Waals surface area (Å²) in [6, 6.07) is 0. The van der Waals surface area contributed by atoms with Crippen LogP contribution >= 0.6 is 0 Å². The Morgan fingerprint density at radius 2 is 1.75 bits per heavy atom. The van der Waals surface area contributed by atoms with Crippen molar-refractivity contribution in [3.8, 4) is 0 Å². The molecular formula is C12H12F6N4O6. The van der Waals surface area contributed by atoms with Crippen molar-refractivity contribution < 1.29 is 55.2 Å². The predicted molar refractivity (Wildman–Crippen MR) is 70.1 cm³/mol. The van der Waals surface area contributed by atoms with Crippen LogP contribution in [0.25, 0.3) is 0 Å². The third-order valence-corrected chi connectivity index (χ3v) is 3.31. The smallest absolute Gasteiger partial charge is 0.449 e. The van der Waals surface area contributed by atoms with Crippen LogP contribution in [0.3, 0.4) is 0 Å². The van der Waals surface area contributed by atoms with Gasteiger partial charge < -0.3 is 19.3 Å². The van der Waals surface area contributed by atoms with Crippen molar-refractivity contribution in [3.05, 3.63) is 5.82 Å². The number of aromatic nitrogens is 4. The number of hydrogen-bond acceptors (Lipinski definition) is 9. The van der Waals surface area contributed by atoms with Gasteiger partial charge >= 0.3 is 24.3 Å². The van der Waals surface area contributed by atoms with Gasteiger partial charge in [0.1, 0.15) is 0 Å². The second-order valence-corrected chi connectivity index (χ2v) is 5.38. The molecule has 1 aliphatic rings. The van der Waals surface area contributed by atoms with E-state index in [-0.39, 0.29) is 19.6 Å². The highest BCUT2D eigenvalue weighted by Crippen LogP contribution is 2.34. The van der Waals surface area contributed by atoms with Crippen LogP contribution in [0, 0.1) is 0 Å². The highest BCUT2D eigenvalue weighted by molar-refractivity contribution is 5.77. The van der Waals surface area contributed by atoms with Crippen molar-refractivity contribution in [1.29, 1.82) is 0 Å². The lowest BCUT2D eigenvalue weighted by atomic mass is 10.1. The quantitative estimate of drug-likeness (QED) is 0.501. The summed E-state index contributed by atoms with van der Waals surface area (Å²) in [5.41, 5.74) is 0. The summed E-state index contributed by atoms with van der Waals surface area (Å²) >= 11 is 0. The lowest BCUT2D eigenvalue weighted by Crippen LogP contribution is -2.41. The van der Waals surface area contributed by atoms with Crippen molar-refractivity contribution in [1.82, 2.24) is 20.2 Å². The number of carbonyl (C=O) groups is 2. The number of alkyl halides is 6. The Bertz CT molecular complexity index is 708. The minimum atomic E-state index is -5.46. The minimum absolute atomic E-state index is 0.0652. The van der Waals surface area contributed by atoms with Crippen LogP contribution in [0.5, 0.6) is 0 Å². The van der Waals surface area contributed by atoms with Crippen LogP contribution in [0.4, 0.5) is 26.3 Å². The molecule has 0 spiro atoms. The number of hydrogen-bond donors (Lipinski definition) is 1. The fourth-order valence-corrected chi connectivity index (χ4v) is 2.11. The number of aliphatic hydroxyl groups excluding tert-OH is 1. The average molecular weight is 422 g/mol. The van der Waals surface area contributed by atoms with Gasteiger partial charge in [0.05, 0.1) is 13.2 Å². The lowest BCUT2D eigenvalue weighted by molar-refractivity contribution is -0.219. The maximum Gasteiger partial charge on any atom is 0.490 e. The number of tetrazole rings is 1. The van der Waals surface area contributed by atoms with E-state index in [0.717, 1.165) is 4.80 Å². The summed E-state index contributed by atoms with van der Waals surface area (Å²) in [5, 5.41) is 19.5. The molecule has 158 valence electrons. The van der Waals surface area contributed by atoms with E-state index < -0.39 is 55.0 Å². The molecule has 0 amide bonds. The van der Waals surface area contributed by atoms with E-state index in [4.69, 9.17) is 9.84 Å². The third-order valence-electron chi connectivity index (χ3n) is 3.31. The Hall–Kier alpha value is -2.49. The number of esters is 2. The second-order valence-electron chi connectivity index (χ2n) is 5.38. The van der Waals surface area contributed by atoms with Crippen LogP contribution in [0.15, 0.2) is 0 Å². The molecule has 1 saturated heterocycles. The normalized spacial score (nSPS) is 22.9. The Balaban J connectivity index is 2.22. The molecule has 1 aromatic rings. The third kappa shape index (κ3) is 5.28. The molecule has 1 fully saturated rings. The second kappa shape index (κ2) is 8.26. The van der Waals surface area contributed by atoms with Crippen LogP contribution < -0.4 is 0 Å². The summed E-state index contributed by atoms with van der Waals surface area (Å²) in [6.45, 7) is -0.971. The summed E-state index contributed by atoms with van der Waals surface area (Å²) in [6.07, 6.45) is -16.4. The first-order chi connectivity index (χ1) is 12.9. The maximum atomic E-state index is 12.5. The monoisotopic (exact) mass is 422 g/mol. The highest BCUT2D eigenvalue weighted by Gasteiger charge is 2.52. The number of ether oxygens (including phenoxy) is 3. The maximum absolute atomic E-state index is 12.5. The first-order valence-electron chi connectivity index (χ1n) is 7.49. The number of rotatable bonds is 6. The SMILES string of the molecule is O=C(OC1COC(c2nnn(CCCO)n2)C1OC(=O)C(F)(F)F)C(F)(F)F. The molecule has 0 radical (unpaired) electrons. The molecule has 0 saturated carbocycles. The minimum Gasteiger partial charge on any atom is -0.449 e. The van der Waals surface area contributed by atoms with E-state index in [1.54, 1.807) is 0 Å². The number of carbonyl (C=O) groups excluding carboxylic acids is 2. The summed E-state index contributed by atoms with van der Waals surface area (Å²) in [4.78, 5) is 23.0. The zero-order chi connectivity index (χ0) is 21.1. The predicted octanol–water partition coefficient (Wildman–Crippen LogP) is 0.0750. The number of nitrogens with zero attached hydrogens (tertiary/aromatic N) is 4. The molecule has 0 bridgehead atoms. The van der Waals surface area contributed by atoms with Gasteiger partial charge in [-0.05, 0) is 11.6 Å². The fraction of sp³-hybridized carbons (Fsp3) is 0.750. The molecule has 16 heteroatoms. The fourth-order valence-electron chi connectivity index (χ4n) is 2.11. The lowest BCUT2D eigenvalue weighted by Gasteiger charge is -2.22. The molecule has 1 N–H and O–H groups in total. The molecule has 28 heavy (non-hydrogen) atoms. The van der Waals surface area contributed by atoms with E-state index in [2.05, 4.69) is 24.9 Å². The van der Waals surface area contributed by atoms with Gasteiger partial charge in [0.25, 0.3) is 0 Å². The first kappa shape index (κ1) is 21.8. The molecule has 0 aromatic carbocycles. The topological polar surface area (TPSA) is 126 Å². The first-order valence-corrected chi connectivity index (χ1v) is 7.49. The average Bonchev–Trinajstić information content (AvgIpc) is 3.18. The Labute approximate surface area is 151 Å². The summed E-state index contributed by atoms with van der Waals surface area (Å²) < 4.78 is 87.8. The largest absolute Gasteiger partial charge is 0.490 e. The van der Waals surface area contributed by atoms with E-state index in [1.807, 2.05) is 0 Å². The molecule has 2 heterocycles. The van der Waals surface area contributed by atoms with Crippen molar-refractivity contribution in [2.45, 2.75) is 43.6 Å². The van der Waals surface area contributed by atoms with Gasteiger partial charge in [-0.25, -0.2) is 9.59 Å². The van der Waals surface area contributed by atoms with E-state index in [0.29, 0.717) is 0 Å². The zero-order valence-corrected chi connectivity index (χ0v) is 13.6. The molecule has 1 aromatic heterocycles. The van der Waals surface area contributed by atoms with Gasteiger partial charge in [0.15, 0.2) is 18.3 Å². The molecule has 10 nitrogen and oxygen atoms in total. The Morgan fingerprint density at radius 3 is 2.32 bits per heavy atom. The van der Waals surface area contributed by atoms with Gasteiger partial charge in [-0.3, -0.25) is 0 Å². The van der Waals surface area contributed by atoms with Crippen LogP contribution in [0.1, 0.15) is 18.3 Å². The standard InChI is InChI=1S/C12H12F6N4O6/c13-11(14,15)9(24)27-5-4-26-7(6(5)28-10(25)12(16,17)18)8-19-21-22(20-8)2-1-3-23/h5-7,23H,1-4H2. The molecular weight excluding hydrogens is 410 g/mol. The van der Waals surface area contributed by atoms with Gasteiger partial charge in [0.2, 0.25) is 5.82 Å². The molecule has 2 rings (SSSR count). The summed E-state index contributed by atoms with van der Waals surface area (Å²) in [7, 11) is 0. The highest BCUT2D eigenvalue weighted by atomic mass is 19.4. The number of halogens is 6. The van der Waals surface area contributed by atoms with Gasteiger partial charge in [-0.2, -0.15) is 31.1 Å². The van der Waals surface area contributed by atoms with E-state index in [9.17, 15) is 35.9 Å².